The molecule has 3 heterocycles. The third-order valence-electron chi connectivity index (χ3n) is 4.27. The Balaban J connectivity index is 1.70. The van der Waals surface area contributed by atoms with E-state index in [1.165, 1.54) is 6.20 Å². The Morgan fingerprint density at radius 1 is 1.30 bits per heavy atom. The smallest absolute Gasteiger partial charge is 0.267 e. The molecule has 8 heteroatoms. The SMILES string of the molecule is COCCN1CCCN(C(=O)c2cnc3n(c2=O)CCS3)CC1. The third kappa shape index (κ3) is 3.59. The number of methoxy groups -OCH3 is 1. The predicted molar refractivity (Wildman–Crippen MR) is 88.1 cm³/mol. The number of rotatable bonds is 4. The lowest BCUT2D eigenvalue weighted by molar-refractivity contribution is 0.0755. The summed E-state index contributed by atoms with van der Waals surface area (Å²) in [6, 6.07) is 0. The second kappa shape index (κ2) is 7.46. The van der Waals surface area contributed by atoms with E-state index in [1.54, 1.807) is 28.3 Å². The molecule has 7 nitrogen and oxygen atoms in total. The lowest BCUT2D eigenvalue weighted by Gasteiger charge is -2.21. The summed E-state index contributed by atoms with van der Waals surface area (Å²) in [7, 11) is 1.69. The van der Waals surface area contributed by atoms with Gasteiger partial charge in [-0.1, -0.05) is 11.8 Å². The molecule has 1 aromatic rings. The molecule has 3 rings (SSSR count). The second-order valence-corrected chi connectivity index (χ2v) is 6.80. The number of nitrogens with zero attached hydrogens (tertiary/aromatic N) is 4. The molecule has 0 aliphatic carbocycles. The molecule has 0 radical (unpaired) electrons. The summed E-state index contributed by atoms with van der Waals surface area (Å²) in [5.74, 6) is 0.654. The van der Waals surface area contributed by atoms with Crippen molar-refractivity contribution >= 4 is 17.7 Å². The van der Waals surface area contributed by atoms with Crippen LogP contribution in [0.15, 0.2) is 16.1 Å². The van der Waals surface area contributed by atoms with Crippen LogP contribution in [-0.2, 0) is 11.3 Å². The minimum atomic E-state index is -0.203. The van der Waals surface area contributed by atoms with Gasteiger partial charge >= 0.3 is 0 Å². The van der Waals surface area contributed by atoms with Gasteiger partial charge in [-0.15, -0.1) is 0 Å². The van der Waals surface area contributed by atoms with Crippen LogP contribution in [-0.4, -0.2) is 77.5 Å². The largest absolute Gasteiger partial charge is 0.383 e. The van der Waals surface area contributed by atoms with E-state index in [4.69, 9.17) is 4.74 Å². The van der Waals surface area contributed by atoms with E-state index in [1.807, 2.05) is 0 Å². The second-order valence-electron chi connectivity index (χ2n) is 5.74. The van der Waals surface area contributed by atoms with Crippen LogP contribution in [0, 0.1) is 0 Å². The van der Waals surface area contributed by atoms with Crippen LogP contribution in [0.4, 0.5) is 0 Å². The van der Waals surface area contributed by atoms with E-state index in [-0.39, 0.29) is 17.0 Å². The van der Waals surface area contributed by atoms with Gasteiger partial charge in [-0.2, -0.15) is 0 Å². The lowest BCUT2D eigenvalue weighted by atomic mass is 10.2. The zero-order valence-corrected chi connectivity index (χ0v) is 14.2. The van der Waals surface area contributed by atoms with Crippen LogP contribution in [0.1, 0.15) is 16.8 Å². The molecule has 0 N–H and O–H groups in total. The molecule has 1 aromatic heterocycles. The lowest BCUT2D eigenvalue weighted by Crippen LogP contribution is -2.39. The molecule has 0 unspecified atom stereocenters. The third-order valence-corrected chi connectivity index (χ3v) is 5.25. The van der Waals surface area contributed by atoms with Crippen LogP contribution in [0.25, 0.3) is 0 Å². The van der Waals surface area contributed by atoms with E-state index in [0.29, 0.717) is 31.4 Å². The van der Waals surface area contributed by atoms with Gasteiger partial charge < -0.3 is 9.64 Å². The van der Waals surface area contributed by atoms with Gasteiger partial charge in [-0.05, 0) is 13.0 Å². The number of carbonyl (C=O) groups is 1. The van der Waals surface area contributed by atoms with Crippen LogP contribution >= 0.6 is 11.8 Å². The van der Waals surface area contributed by atoms with Crippen molar-refractivity contribution in [2.75, 3.05) is 52.2 Å². The minimum absolute atomic E-state index is 0.191. The van der Waals surface area contributed by atoms with Crippen molar-refractivity contribution < 1.29 is 9.53 Å². The van der Waals surface area contributed by atoms with Crippen molar-refractivity contribution in [3.05, 3.63) is 22.1 Å². The van der Waals surface area contributed by atoms with E-state index >= 15 is 0 Å². The van der Waals surface area contributed by atoms with Crippen LogP contribution in [0.3, 0.4) is 0 Å². The van der Waals surface area contributed by atoms with Gasteiger partial charge in [0.05, 0.1) is 6.61 Å². The molecule has 2 aliphatic rings. The van der Waals surface area contributed by atoms with Gasteiger partial charge in [-0.3, -0.25) is 19.1 Å². The summed E-state index contributed by atoms with van der Waals surface area (Å²) in [5, 5.41) is 0.716. The highest BCUT2D eigenvalue weighted by Gasteiger charge is 2.25. The van der Waals surface area contributed by atoms with Crippen molar-refractivity contribution in [3.63, 3.8) is 0 Å². The van der Waals surface area contributed by atoms with Gasteiger partial charge in [-0.25, -0.2) is 4.98 Å². The van der Waals surface area contributed by atoms with Gasteiger partial charge in [0.15, 0.2) is 5.16 Å². The molecule has 1 amide bonds. The maximum absolute atomic E-state index is 12.7. The Morgan fingerprint density at radius 3 is 3.00 bits per heavy atom. The molecule has 1 fully saturated rings. The molecule has 0 bridgehead atoms. The van der Waals surface area contributed by atoms with Gasteiger partial charge in [0.2, 0.25) is 0 Å². The number of carbonyl (C=O) groups excluding carboxylic acids is 1. The number of hydrogen-bond acceptors (Lipinski definition) is 6. The normalized spacial score (nSPS) is 18.7. The molecule has 0 aromatic carbocycles. The molecule has 0 spiro atoms. The first-order chi connectivity index (χ1) is 11.2. The maximum Gasteiger partial charge on any atom is 0.267 e. The standard InChI is InChI=1S/C15H22N4O3S/c1-22-9-7-17-3-2-4-18(6-5-17)13(20)12-11-16-15-19(14(12)21)8-10-23-15/h11H,2-10H2,1H3. The summed E-state index contributed by atoms with van der Waals surface area (Å²) >= 11 is 1.56. The van der Waals surface area contributed by atoms with Crippen molar-refractivity contribution in [1.29, 1.82) is 0 Å². The fourth-order valence-corrected chi connectivity index (χ4v) is 3.87. The Labute approximate surface area is 139 Å². The molecule has 23 heavy (non-hydrogen) atoms. The Kier molecular flexibility index (Phi) is 5.34. The molecule has 2 aliphatic heterocycles. The summed E-state index contributed by atoms with van der Waals surface area (Å²) in [6.45, 7) is 5.28. The number of thioether (sulfide) groups is 1. The van der Waals surface area contributed by atoms with Crippen molar-refractivity contribution in [2.24, 2.45) is 0 Å². The molecule has 126 valence electrons. The van der Waals surface area contributed by atoms with Gasteiger partial charge in [0.25, 0.3) is 11.5 Å². The average Bonchev–Trinajstić information content (AvgIpc) is 2.92. The summed E-state index contributed by atoms with van der Waals surface area (Å²) in [4.78, 5) is 33.5. The van der Waals surface area contributed by atoms with Crippen molar-refractivity contribution in [1.82, 2.24) is 19.4 Å². The number of ether oxygens (including phenoxy) is 1. The zero-order valence-electron chi connectivity index (χ0n) is 13.4. The number of amides is 1. The molecule has 0 saturated carbocycles. The molecular weight excluding hydrogens is 316 g/mol. The zero-order chi connectivity index (χ0) is 16.2. The highest BCUT2D eigenvalue weighted by atomic mass is 32.2. The minimum Gasteiger partial charge on any atom is -0.383 e. The van der Waals surface area contributed by atoms with E-state index in [2.05, 4.69) is 9.88 Å². The molecule has 0 atom stereocenters. The molecular formula is C15H22N4O3S. The monoisotopic (exact) mass is 338 g/mol. The number of hydrogen-bond donors (Lipinski definition) is 0. The Morgan fingerprint density at radius 2 is 2.17 bits per heavy atom. The summed E-state index contributed by atoms with van der Waals surface area (Å²) < 4.78 is 6.72. The first kappa shape index (κ1) is 16.5. The van der Waals surface area contributed by atoms with Gasteiger partial charge in [0, 0.05) is 51.8 Å². The van der Waals surface area contributed by atoms with E-state index in [0.717, 1.165) is 31.8 Å². The summed E-state index contributed by atoms with van der Waals surface area (Å²) in [6.07, 6.45) is 2.35. The summed E-state index contributed by atoms with van der Waals surface area (Å²) in [5.41, 5.74) is -0.00734. The van der Waals surface area contributed by atoms with Crippen LogP contribution in [0.5, 0.6) is 0 Å². The first-order valence-corrected chi connectivity index (χ1v) is 8.92. The Bertz CT molecular complexity index is 634. The average molecular weight is 338 g/mol. The predicted octanol–water partition coefficient (Wildman–Crippen LogP) is 0.143. The Hall–Kier alpha value is -1.38. The first-order valence-electron chi connectivity index (χ1n) is 7.94. The van der Waals surface area contributed by atoms with Gasteiger partial charge in [0.1, 0.15) is 5.56 Å². The fraction of sp³-hybridized carbons (Fsp3) is 0.667. The van der Waals surface area contributed by atoms with E-state index < -0.39 is 0 Å². The quantitative estimate of drug-likeness (QED) is 0.728. The topological polar surface area (TPSA) is 67.7 Å². The fourth-order valence-electron chi connectivity index (χ4n) is 2.95. The number of aromatic nitrogens is 2. The highest BCUT2D eigenvalue weighted by molar-refractivity contribution is 7.99. The molecule has 1 saturated heterocycles. The number of fused-ring (bicyclic) bond motifs is 1. The van der Waals surface area contributed by atoms with Crippen LogP contribution in [0.2, 0.25) is 0 Å². The van der Waals surface area contributed by atoms with E-state index in [9.17, 15) is 9.59 Å². The maximum atomic E-state index is 12.7. The van der Waals surface area contributed by atoms with Crippen LogP contribution < -0.4 is 5.56 Å². The van der Waals surface area contributed by atoms with Crippen molar-refractivity contribution in [2.45, 2.75) is 18.1 Å². The highest BCUT2D eigenvalue weighted by Crippen LogP contribution is 2.20. The van der Waals surface area contributed by atoms with Crippen molar-refractivity contribution in [3.8, 4) is 0 Å².